The molecule has 3 saturated heterocycles. The maximum absolute atomic E-state index is 5.63. The molecule has 3 aliphatic heterocycles. The van der Waals surface area contributed by atoms with Crippen LogP contribution in [-0.2, 0) is 6.54 Å². The van der Waals surface area contributed by atoms with Crippen molar-refractivity contribution >= 4 is 40.6 Å². The summed E-state index contributed by atoms with van der Waals surface area (Å²) in [6, 6.07) is 11.0. The molecule has 0 unspecified atom stereocenters. The van der Waals surface area contributed by atoms with E-state index >= 15 is 0 Å². The van der Waals surface area contributed by atoms with Gasteiger partial charge in [-0.05, 0) is 80.8 Å². The zero-order chi connectivity index (χ0) is 24.0. The maximum Gasteiger partial charge on any atom is 0.232 e. The predicted octanol–water partition coefficient (Wildman–Crippen LogP) is 4.79. The summed E-state index contributed by atoms with van der Waals surface area (Å²) in [6.07, 6.45) is 8.84. The number of nitrogens with zero attached hydrogens (tertiary/aromatic N) is 5. The van der Waals surface area contributed by atoms with Crippen LogP contribution in [0.3, 0.4) is 0 Å². The van der Waals surface area contributed by atoms with Crippen molar-refractivity contribution in [2.45, 2.75) is 58.4 Å². The number of anilines is 4. The van der Waals surface area contributed by atoms with Gasteiger partial charge in [-0.25, -0.2) is 0 Å². The molecule has 2 aromatic rings. The fraction of sp³-hybridized carbons (Fsp3) is 0.593. The Kier molecular flexibility index (Phi) is 7.86. The van der Waals surface area contributed by atoms with E-state index in [1.54, 1.807) is 0 Å². The van der Waals surface area contributed by atoms with Crippen molar-refractivity contribution < 1.29 is 0 Å². The molecule has 0 amide bonds. The lowest BCUT2D eigenvalue weighted by Gasteiger charge is -2.33. The number of hydrogen-bond donors (Lipinski definition) is 2. The average molecular weight is 494 g/mol. The van der Waals surface area contributed by atoms with E-state index in [-0.39, 0.29) is 0 Å². The molecule has 188 valence electrons. The third-order valence-corrected chi connectivity index (χ3v) is 7.69. The molecule has 0 spiro atoms. The van der Waals surface area contributed by atoms with Gasteiger partial charge in [0.05, 0.1) is 0 Å². The Labute approximate surface area is 215 Å². The van der Waals surface area contributed by atoms with Crippen LogP contribution in [0.2, 0.25) is 0 Å². The lowest BCUT2D eigenvalue weighted by atomic mass is 10.0. The van der Waals surface area contributed by atoms with Crippen molar-refractivity contribution in [3.8, 4) is 0 Å². The van der Waals surface area contributed by atoms with E-state index in [0.29, 0.717) is 23.5 Å². The molecule has 4 heterocycles. The van der Waals surface area contributed by atoms with Crippen molar-refractivity contribution in [1.82, 2.24) is 15.3 Å². The summed E-state index contributed by atoms with van der Waals surface area (Å²) in [5, 5.41) is 7.17. The van der Waals surface area contributed by atoms with Crippen molar-refractivity contribution in [2.24, 2.45) is 5.92 Å². The number of piperidine rings is 2. The SMILES string of the molecule is C[C@H]1CCCN(c2cc(N3CCCCC3)nc(NC(=S)NCc3ccc(N4CCCC4)cc3)n2)C1. The first kappa shape index (κ1) is 24.1. The minimum Gasteiger partial charge on any atom is -0.372 e. The summed E-state index contributed by atoms with van der Waals surface area (Å²) in [6.45, 7) is 9.55. The number of hydrogen-bond acceptors (Lipinski definition) is 6. The summed E-state index contributed by atoms with van der Waals surface area (Å²) in [7, 11) is 0. The van der Waals surface area contributed by atoms with Gasteiger partial charge in [-0.2, -0.15) is 9.97 Å². The molecule has 3 aliphatic rings. The molecule has 1 aromatic carbocycles. The van der Waals surface area contributed by atoms with Crippen LogP contribution in [0.1, 0.15) is 57.4 Å². The van der Waals surface area contributed by atoms with E-state index in [1.165, 1.54) is 69.3 Å². The Hall–Kier alpha value is -2.61. The number of thiocarbonyl (C=S) groups is 1. The van der Waals surface area contributed by atoms with E-state index < -0.39 is 0 Å². The summed E-state index contributed by atoms with van der Waals surface area (Å²) in [5.74, 6) is 3.29. The smallest absolute Gasteiger partial charge is 0.232 e. The molecular formula is C27H39N7S. The van der Waals surface area contributed by atoms with Gasteiger partial charge in [-0.3, -0.25) is 0 Å². The normalized spacial score (nSPS) is 20.7. The number of rotatable bonds is 6. The second kappa shape index (κ2) is 11.4. The number of aromatic nitrogens is 2. The topological polar surface area (TPSA) is 59.6 Å². The quantitative estimate of drug-likeness (QED) is 0.557. The molecule has 0 bridgehead atoms. The van der Waals surface area contributed by atoms with Crippen molar-refractivity contribution in [3.63, 3.8) is 0 Å². The van der Waals surface area contributed by atoms with Crippen molar-refractivity contribution in [2.75, 3.05) is 59.3 Å². The Bertz CT molecular complexity index is 984. The zero-order valence-electron chi connectivity index (χ0n) is 21.0. The summed E-state index contributed by atoms with van der Waals surface area (Å²) in [4.78, 5) is 17.0. The second-order valence-corrected chi connectivity index (χ2v) is 10.7. The first-order valence-corrected chi connectivity index (χ1v) is 13.8. The van der Waals surface area contributed by atoms with E-state index in [4.69, 9.17) is 22.2 Å². The fourth-order valence-electron chi connectivity index (χ4n) is 5.45. The third-order valence-electron chi connectivity index (χ3n) is 7.45. The molecule has 0 aliphatic carbocycles. The van der Waals surface area contributed by atoms with Crippen LogP contribution in [0.5, 0.6) is 0 Å². The van der Waals surface area contributed by atoms with Gasteiger partial charge in [-0.15, -0.1) is 0 Å². The third kappa shape index (κ3) is 6.34. The Morgan fingerprint density at radius 3 is 2.20 bits per heavy atom. The standard InChI is InChI=1S/C27H39N7S/c1-21-8-7-17-34(20-21)25-18-24(33-15-3-2-4-16-33)29-26(30-25)31-27(35)28-19-22-9-11-23(12-10-22)32-13-5-6-14-32/h9-12,18,21H,2-8,13-17,19-20H2,1H3,(H2,28,29,30,31,35)/t21-/m0/s1. The molecular weight excluding hydrogens is 454 g/mol. The van der Waals surface area contributed by atoms with Gasteiger partial charge in [0.15, 0.2) is 5.11 Å². The van der Waals surface area contributed by atoms with Crippen molar-refractivity contribution in [1.29, 1.82) is 0 Å². The largest absolute Gasteiger partial charge is 0.372 e. The summed E-state index contributed by atoms with van der Waals surface area (Å²) >= 11 is 5.63. The highest BCUT2D eigenvalue weighted by molar-refractivity contribution is 7.80. The minimum atomic E-state index is 0.558. The van der Waals surface area contributed by atoms with E-state index in [0.717, 1.165) is 37.8 Å². The first-order valence-electron chi connectivity index (χ1n) is 13.4. The van der Waals surface area contributed by atoms with Crippen LogP contribution < -0.4 is 25.3 Å². The number of benzene rings is 1. The van der Waals surface area contributed by atoms with Crippen LogP contribution in [0, 0.1) is 5.92 Å². The molecule has 2 N–H and O–H groups in total. The molecule has 35 heavy (non-hydrogen) atoms. The van der Waals surface area contributed by atoms with Crippen LogP contribution in [-0.4, -0.2) is 54.3 Å². The van der Waals surface area contributed by atoms with E-state index in [1.807, 2.05) is 0 Å². The highest BCUT2D eigenvalue weighted by Crippen LogP contribution is 2.27. The van der Waals surface area contributed by atoms with Gasteiger partial charge < -0.3 is 25.3 Å². The molecule has 1 atom stereocenters. The monoisotopic (exact) mass is 493 g/mol. The highest BCUT2D eigenvalue weighted by Gasteiger charge is 2.21. The van der Waals surface area contributed by atoms with Gasteiger partial charge in [-0.1, -0.05) is 19.1 Å². The number of nitrogens with one attached hydrogen (secondary N) is 2. The van der Waals surface area contributed by atoms with Gasteiger partial charge in [0.1, 0.15) is 11.6 Å². The summed E-state index contributed by atoms with van der Waals surface area (Å²) < 4.78 is 0. The molecule has 7 nitrogen and oxygen atoms in total. The van der Waals surface area contributed by atoms with Gasteiger partial charge >= 0.3 is 0 Å². The zero-order valence-corrected chi connectivity index (χ0v) is 21.8. The Morgan fingerprint density at radius 1 is 0.857 bits per heavy atom. The maximum atomic E-state index is 5.63. The minimum absolute atomic E-state index is 0.558. The predicted molar refractivity (Wildman–Crippen MR) is 150 cm³/mol. The van der Waals surface area contributed by atoms with Gasteiger partial charge in [0.2, 0.25) is 5.95 Å². The summed E-state index contributed by atoms with van der Waals surface area (Å²) in [5.41, 5.74) is 2.53. The second-order valence-electron chi connectivity index (χ2n) is 10.3. The van der Waals surface area contributed by atoms with E-state index in [2.05, 4.69) is 62.6 Å². The Balaban J connectivity index is 1.24. The van der Waals surface area contributed by atoms with Crippen LogP contribution in [0.15, 0.2) is 30.3 Å². The fourth-order valence-corrected chi connectivity index (χ4v) is 5.61. The molecule has 1 aromatic heterocycles. The highest BCUT2D eigenvalue weighted by atomic mass is 32.1. The molecule has 0 radical (unpaired) electrons. The van der Waals surface area contributed by atoms with Crippen molar-refractivity contribution in [3.05, 3.63) is 35.9 Å². The molecule has 5 rings (SSSR count). The Morgan fingerprint density at radius 2 is 1.49 bits per heavy atom. The molecule has 0 saturated carbocycles. The van der Waals surface area contributed by atoms with Gasteiger partial charge in [0, 0.05) is 57.6 Å². The van der Waals surface area contributed by atoms with E-state index in [9.17, 15) is 0 Å². The first-order chi connectivity index (χ1) is 17.1. The van der Waals surface area contributed by atoms with Crippen LogP contribution in [0.25, 0.3) is 0 Å². The van der Waals surface area contributed by atoms with Crippen LogP contribution in [0.4, 0.5) is 23.3 Å². The molecule has 3 fully saturated rings. The van der Waals surface area contributed by atoms with Crippen LogP contribution >= 0.6 is 12.2 Å². The molecule has 8 heteroatoms. The van der Waals surface area contributed by atoms with Gasteiger partial charge in [0.25, 0.3) is 0 Å². The lowest BCUT2D eigenvalue weighted by Crippen LogP contribution is -2.36. The average Bonchev–Trinajstić information content (AvgIpc) is 3.43. The lowest BCUT2D eigenvalue weighted by molar-refractivity contribution is 0.444.